The maximum Gasteiger partial charge on any atom is 0.337 e. The number of methoxy groups -OCH3 is 1. The number of benzene rings is 1. The zero-order chi connectivity index (χ0) is 24.6. The molecule has 9 nitrogen and oxygen atoms in total. The third kappa shape index (κ3) is 4.00. The molecule has 4 aromatic heterocycles. The van der Waals surface area contributed by atoms with Crippen molar-refractivity contribution in [2.75, 3.05) is 12.8 Å². The Bertz CT molecular complexity index is 1570. The summed E-state index contributed by atoms with van der Waals surface area (Å²) in [5, 5.41) is 0. The van der Waals surface area contributed by atoms with Crippen molar-refractivity contribution >= 4 is 23.0 Å². The third-order valence-electron chi connectivity index (χ3n) is 5.96. The number of esters is 1. The van der Waals surface area contributed by atoms with Crippen molar-refractivity contribution in [1.29, 1.82) is 0 Å². The van der Waals surface area contributed by atoms with E-state index < -0.39 is 5.97 Å². The van der Waals surface area contributed by atoms with Crippen molar-refractivity contribution in [1.82, 2.24) is 24.5 Å². The molecule has 0 amide bonds. The van der Waals surface area contributed by atoms with Crippen molar-refractivity contribution in [2.24, 2.45) is 0 Å². The van der Waals surface area contributed by atoms with Crippen LogP contribution in [0.2, 0.25) is 0 Å². The van der Waals surface area contributed by atoms with Gasteiger partial charge in [-0.05, 0) is 73.5 Å². The smallest absolute Gasteiger partial charge is 0.337 e. The van der Waals surface area contributed by atoms with Gasteiger partial charge in [-0.15, -0.1) is 0 Å². The molecule has 9 heteroatoms. The molecule has 2 N–H and O–H groups in total. The molecule has 1 saturated carbocycles. The predicted molar refractivity (Wildman–Crippen MR) is 135 cm³/mol. The van der Waals surface area contributed by atoms with E-state index in [2.05, 4.69) is 9.97 Å². The van der Waals surface area contributed by atoms with E-state index in [1.54, 1.807) is 24.5 Å². The Labute approximate surface area is 206 Å². The maximum atomic E-state index is 12.0. The fourth-order valence-electron chi connectivity index (χ4n) is 3.98. The summed E-state index contributed by atoms with van der Waals surface area (Å²) < 4.78 is 12.5. The van der Waals surface area contributed by atoms with Crippen LogP contribution >= 0.6 is 0 Å². The molecule has 0 unspecified atom stereocenters. The molecule has 5 aromatic rings. The maximum absolute atomic E-state index is 12.0. The Kier molecular flexibility index (Phi) is 5.29. The molecule has 178 valence electrons. The average molecular weight is 479 g/mol. The average Bonchev–Trinajstić information content (AvgIpc) is 3.65. The number of ether oxygens (including phenoxy) is 2. The van der Waals surface area contributed by atoms with Crippen molar-refractivity contribution in [3.8, 4) is 34.2 Å². The molecule has 1 aliphatic carbocycles. The number of fused-ring (bicyclic) bond motifs is 1. The van der Waals surface area contributed by atoms with Gasteiger partial charge in [-0.3, -0.25) is 9.55 Å². The van der Waals surface area contributed by atoms with Crippen molar-refractivity contribution < 1.29 is 14.3 Å². The fraction of sp³-hybridized carbons (Fsp3) is 0.148. The largest absolute Gasteiger partial charge is 0.489 e. The first-order chi connectivity index (χ1) is 17.6. The van der Waals surface area contributed by atoms with Gasteiger partial charge in [0.25, 0.3) is 0 Å². The first kappa shape index (κ1) is 21.7. The molecule has 0 radical (unpaired) electrons. The second-order valence-electron chi connectivity index (χ2n) is 8.48. The van der Waals surface area contributed by atoms with Gasteiger partial charge in [0.15, 0.2) is 11.5 Å². The van der Waals surface area contributed by atoms with Crippen LogP contribution in [0.25, 0.3) is 39.6 Å². The van der Waals surface area contributed by atoms with E-state index in [-0.39, 0.29) is 0 Å². The number of rotatable bonds is 6. The van der Waals surface area contributed by atoms with Crippen LogP contribution in [0.15, 0.2) is 73.1 Å². The molecule has 0 saturated heterocycles. The highest BCUT2D eigenvalue weighted by Crippen LogP contribution is 2.32. The second kappa shape index (κ2) is 8.77. The number of nitrogens with zero attached hydrogens (tertiary/aromatic N) is 5. The van der Waals surface area contributed by atoms with E-state index in [9.17, 15) is 4.79 Å². The number of hydrogen-bond donors (Lipinski definition) is 1. The number of aromatic nitrogens is 5. The van der Waals surface area contributed by atoms with Crippen LogP contribution in [0, 0.1) is 0 Å². The molecule has 0 bridgehead atoms. The molecule has 36 heavy (non-hydrogen) atoms. The lowest BCUT2D eigenvalue weighted by Gasteiger charge is -2.11. The van der Waals surface area contributed by atoms with Crippen molar-refractivity contribution in [2.45, 2.75) is 18.9 Å². The van der Waals surface area contributed by atoms with Crippen LogP contribution in [0.1, 0.15) is 23.2 Å². The summed E-state index contributed by atoms with van der Waals surface area (Å²) in [7, 11) is 1.35. The standard InChI is InChI=1S/C27H22N6O3/c1-35-27(34)16-4-6-17(7-5-16)33-25(20-3-2-14-29-24(20)28)32-23-13-12-22(31-26(23)33)21-11-10-19(15-30-21)36-18-8-9-18/h2-7,10-15,18H,8-9H2,1H3,(H2,28,29). The second-order valence-corrected chi connectivity index (χ2v) is 8.48. The van der Waals surface area contributed by atoms with E-state index in [0.29, 0.717) is 45.7 Å². The van der Waals surface area contributed by atoms with Crippen molar-refractivity contribution in [3.05, 3.63) is 78.6 Å². The number of nitrogen functional groups attached to an aromatic ring is 1. The van der Waals surface area contributed by atoms with Gasteiger partial charge in [0.1, 0.15) is 17.1 Å². The lowest BCUT2D eigenvalue weighted by atomic mass is 10.2. The zero-order valence-corrected chi connectivity index (χ0v) is 19.5. The van der Waals surface area contributed by atoms with E-state index in [0.717, 1.165) is 30.0 Å². The van der Waals surface area contributed by atoms with Crippen LogP contribution in [-0.4, -0.2) is 43.7 Å². The Balaban J connectivity index is 1.49. The van der Waals surface area contributed by atoms with Crippen LogP contribution < -0.4 is 10.5 Å². The zero-order valence-electron chi connectivity index (χ0n) is 19.5. The number of carbonyl (C=O) groups excluding carboxylic acids is 1. The Hall–Kier alpha value is -4.79. The minimum absolute atomic E-state index is 0.311. The van der Waals surface area contributed by atoms with Crippen LogP contribution in [0.3, 0.4) is 0 Å². The summed E-state index contributed by atoms with van der Waals surface area (Å²) in [6, 6.07) is 18.3. The molecule has 0 spiro atoms. The number of pyridine rings is 3. The van der Waals surface area contributed by atoms with Gasteiger partial charge >= 0.3 is 5.97 Å². The summed E-state index contributed by atoms with van der Waals surface area (Å²) >= 11 is 0. The minimum atomic E-state index is -0.408. The number of hydrogen-bond acceptors (Lipinski definition) is 8. The lowest BCUT2D eigenvalue weighted by Crippen LogP contribution is -2.04. The number of nitrogens with two attached hydrogens (primary N) is 1. The molecule has 0 atom stereocenters. The van der Waals surface area contributed by atoms with Gasteiger partial charge in [0.2, 0.25) is 0 Å². The molecule has 1 aromatic carbocycles. The van der Waals surface area contributed by atoms with E-state index in [1.165, 1.54) is 7.11 Å². The van der Waals surface area contributed by atoms with Gasteiger partial charge in [0.05, 0.1) is 41.9 Å². The summed E-state index contributed by atoms with van der Waals surface area (Å²) in [6.45, 7) is 0. The topological polar surface area (TPSA) is 118 Å². The SMILES string of the molecule is COC(=O)c1ccc(-n2c(-c3cccnc3N)nc3ccc(-c4ccc(OC5CC5)cn4)nc32)cc1. The van der Waals surface area contributed by atoms with Gasteiger partial charge in [-0.2, -0.15) is 0 Å². The molecule has 1 aliphatic rings. The van der Waals surface area contributed by atoms with Gasteiger partial charge in [-0.1, -0.05) is 0 Å². The highest BCUT2D eigenvalue weighted by molar-refractivity contribution is 5.90. The predicted octanol–water partition coefficient (Wildman–Crippen LogP) is 4.45. The quantitative estimate of drug-likeness (QED) is 0.356. The normalized spacial score (nSPS) is 13.0. The van der Waals surface area contributed by atoms with Crippen LogP contribution in [0.4, 0.5) is 5.82 Å². The van der Waals surface area contributed by atoms with Gasteiger partial charge in [-0.25, -0.2) is 19.7 Å². The fourth-order valence-corrected chi connectivity index (χ4v) is 3.98. The first-order valence-corrected chi connectivity index (χ1v) is 11.5. The molecule has 4 heterocycles. The Morgan fingerprint density at radius 2 is 1.78 bits per heavy atom. The summed E-state index contributed by atoms with van der Waals surface area (Å²) in [4.78, 5) is 30.5. The highest BCUT2D eigenvalue weighted by Gasteiger charge is 2.24. The van der Waals surface area contributed by atoms with E-state index in [1.807, 2.05) is 53.1 Å². The van der Waals surface area contributed by atoms with Gasteiger partial charge < -0.3 is 15.2 Å². The summed E-state index contributed by atoms with van der Waals surface area (Å²) in [5.74, 6) is 1.29. The molecule has 6 rings (SSSR count). The molecular weight excluding hydrogens is 456 g/mol. The van der Waals surface area contributed by atoms with E-state index >= 15 is 0 Å². The number of anilines is 1. The highest BCUT2D eigenvalue weighted by atomic mass is 16.5. The number of imidazole rings is 1. The van der Waals surface area contributed by atoms with Crippen LogP contribution in [-0.2, 0) is 4.74 Å². The summed E-state index contributed by atoms with van der Waals surface area (Å²) in [5.41, 5.74) is 10.8. The number of carbonyl (C=O) groups is 1. The van der Waals surface area contributed by atoms with E-state index in [4.69, 9.17) is 25.2 Å². The Morgan fingerprint density at radius 1 is 0.972 bits per heavy atom. The van der Waals surface area contributed by atoms with Crippen LogP contribution in [0.5, 0.6) is 5.75 Å². The third-order valence-corrected chi connectivity index (χ3v) is 5.96. The molecular formula is C27H22N6O3. The minimum Gasteiger partial charge on any atom is -0.489 e. The van der Waals surface area contributed by atoms with Crippen molar-refractivity contribution in [3.63, 3.8) is 0 Å². The monoisotopic (exact) mass is 478 g/mol. The molecule has 1 fully saturated rings. The first-order valence-electron chi connectivity index (χ1n) is 11.5. The molecule has 0 aliphatic heterocycles. The lowest BCUT2D eigenvalue weighted by molar-refractivity contribution is 0.0600. The summed E-state index contributed by atoms with van der Waals surface area (Å²) in [6.07, 6.45) is 5.85. The van der Waals surface area contributed by atoms with Gasteiger partial charge in [0, 0.05) is 11.9 Å². The Morgan fingerprint density at radius 3 is 2.47 bits per heavy atom.